The van der Waals surface area contributed by atoms with Gasteiger partial charge in [-0.25, -0.2) is 0 Å². The average Bonchev–Trinajstić information content (AvgIpc) is 3.44. The van der Waals surface area contributed by atoms with Gasteiger partial charge in [-0.1, -0.05) is 237 Å². The van der Waals surface area contributed by atoms with Crippen LogP contribution in [0.2, 0.25) is 0 Å². The molecule has 0 spiro atoms. The van der Waals surface area contributed by atoms with E-state index in [9.17, 15) is 0 Å². The van der Waals surface area contributed by atoms with Crippen LogP contribution in [0.5, 0.6) is 0 Å². The van der Waals surface area contributed by atoms with Crippen molar-refractivity contribution in [3.63, 3.8) is 0 Å². The summed E-state index contributed by atoms with van der Waals surface area (Å²) in [4.78, 5) is 2.38. The van der Waals surface area contributed by atoms with E-state index in [0.29, 0.717) is 0 Å². The minimum absolute atomic E-state index is 1.08. The maximum absolute atomic E-state index is 2.40. The largest absolute Gasteiger partial charge is 0.310 e. The summed E-state index contributed by atoms with van der Waals surface area (Å²) in [5, 5.41) is 5.01. The molecule has 1 heteroatoms. The highest BCUT2D eigenvalue weighted by molar-refractivity contribution is 6.22. The molecule has 0 amide bonds. The molecule has 0 aromatic heterocycles. The van der Waals surface area contributed by atoms with E-state index >= 15 is 0 Å². The molecule has 0 aliphatic heterocycles. The molecule has 324 valence electrons. The van der Waals surface area contributed by atoms with Crippen LogP contribution in [0.4, 0.5) is 17.1 Å². The Morgan fingerprint density at radius 3 is 1.12 bits per heavy atom. The van der Waals surface area contributed by atoms with E-state index in [4.69, 9.17) is 0 Å². The van der Waals surface area contributed by atoms with Crippen molar-refractivity contribution in [3.05, 3.63) is 285 Å². The summed E-state index contributed by atoms with van der Waals surface area (Å²) in [5.41, 5.74) is 20.1. The van der Waals surface area contributed by atoms with E-state index in [1.54, 1.807) is 0 Å². The molecule has 0 saturated heterocycles. The second kappa shape index (κ2) is 18.3. The Bertz CT molecular complexity index is 3720. The zero-order chi connectivity index (χ0) is 45.9. The van der Waals surface area contributed by atoms with Crippen LogP contribution < -0.4 is 4.90 Å². The Hall–Kier alpha value is -9.04. The lowest BCUT2D eigenvalue weighted by Gasteiger charge is -2.26. The minimum atomic E-state index is 1.08. The predicted molar refractivity (Wildman–Crippen MR) is 294 cm³/mol. The molecule has 0 bridgehead atoms. The molecule has 0 unspecified atom stereocenters. The normalized spacial score (nSPS) is 11.2. The van der Waals surface area contributed by atoms with E-state index < -0.39 is 0 Å². The molecular formula is C68H47N. The molecule has 0 N–H and O–H groups in total. The molecular weight excluding hydrogens is 831 g/mol. The summed E-state index contributed by atoms with van der Waals surface area (Å²) in [6.45, 7) is 0. The smallest absolute Gasteiger partial charge is 0.0467 e. The van der Waals surface area contributed by atoms with Gasteiger partial charge in [0, 0.05) is 17.1 Å². The van der Waals surface area contributed by atoms with Crippen molar-refractivity contribution in [1.29, 1.82) is 0 Å². The van der Waals surface area contributed by atoms with Gasteiger partial charge in [-0.05, 0) is 148 Å². The number of benzene rings is 12. The first-order valence-corrected chi connectivity index (χ1v) is 23.7. The van der Waals surface area contributed by atoms with Gasteiger partial charge in [0.1, 0.15) is 0 Å². The first-order chi connectivity index (χ1) is 34.2. The Labute approximate surface area is 404 Å². The molecule has 12 aromatic carbocycles. The molecule has 69 heavy (non-hydrogen) atoms. The van der Waals surface area contributed by atoms with Crippen molar-refractivity contribution in [2.24, 2.45) is 0 Å². The lowest BCUT2D eigenvalue weighted by atomic mass is 9.84. The Balaban J connectivity index is 0.959. The zero-order valence-corrected chi connectivity index (χ0v) is 38.1. The average molecular weight is 878 g/mol. The van der Waals surface area contributed by atoms with Crippen molar-refractivity contribution < 1.29 is 0 Å². The van der Waals surface area contributed by atoms with E-state index in [2.05, 4.69) is 290 Å². The van der Waals surface area contributed by atoms with Crippen molar-refractivity contribution in [2.45, 2.75) is 0 Å². The number of hydrogen-bond donors (Lipinski definition) is 0. The summed E-state index contributed by atoms with van der Waals surface area (Å²) < 4.78 is 0. The van der Waals surface area contributed by atoms with E-state index in [1.807, 2.05) is 0 Å². The van der Waals surface area contributed by atoms with Crippen LogP contribution in [0, 0.1) is 0 Å². The first-order valence-electron chi connectivity index (χ1n) is 23.7. The Morgan fingerprint density at radius 2 is 0.551 bits per heavy atom. The fourth-order valence-corrected chi connectivity index (χ4v) is 10.1. The van der Waals surface area contributed by atoms with Crippen LogP contribution in [-0.2, 0) is 0 Å². The fraction of sp³-hybridized carbons (Fsp3) is 0. The third kappa shape index (κ3) is 8.07. The van der Waals surface area contributed by atoms with Crippen LogP contribution in [0.15, 0.2) is 285 Å². The van der Waals surface area contributed by atoms with E-state index in [-0.39, 0.29) is 0 Å². The highest BCUT2D eigenvalue weighted by Crippen LogP contribution is 2.46. The lowest BCUT2D eigenvalue weighted by Crippen LogP contribution is -2.10. The molecule has 12 rings (SSSR count). The molecule has 0 atom stereocenters. The summed E-state index contributed by atoms with van der Waals surface area (Å²) in [6, 6.07) is 104. The maximum Gasteiger partial charge on any atom is 0.0467 e. The second-order valence-corrected chi connectivity index (χ2v) is 17.6. The van der Waals surface area contributed by atoms with Crippen LogP contribution in [-0.4, -0.2) is 0 Å². The summed E-state index contributed by atoms with van der Waals surface area (Å²) in [5.74, 6) is 0. The standard InChI is InChI=1S/C68H47N/c1-6-19-48(20-7-1)55-29-18-30-60(45-55)69(58-39-33-49(34-40-58)56-37-43-61(51-21-8-2-9-22-51)65(46-56)52-23-10-3-11-24-52)59-41-35-50(36-42-59)57-38-44-63-62-31-16-17-32-64(62)67(53-25-12-4-13-26-53)68(66(63)47-57)54-27-14-5-15-28-54/h1-47H. The van der Waals surface area contributed by atoms with Crippen LogP contribution >= 0.6 is 0 Å². The Morgan fingerprint density at radius 1 is 0.174 bits per heavy atom. The highest BCUT2D eigenvalue weighted by Gasteiger charge is 2.20. The van der Waals surface area contributed by atoms with Crippen molar-refractivity contribution in [2.75, 3.05) is 4.90 Å². The molecule has 0 radical (unpaired) electrons. The topological polar surface area (TPSA) is 3.24 Å². The lowest BCUT2D eigenvalue weighted by molar-refractivity contribution is 1.28. The Kier molecular flexibility index (Phi) is 11.0. The molecule has 12 aromatic rings. The van der Waals surface area contributed by atoms with Gasteiger partial charge in [-0.15, -0.1) is 0 Å². The summed E-state index contributed by atoms with van der Waals surface area (Å²) in [7, 11) is 0. The molecule has 0 aliphatic carbocycles. The highest BCUT2D eigenvalue weighted by atomic mass is 15.1. The van der Waals surface area contributed by atoms with Gasteiger partial charge in [0.15, 0.2) is 0 Å². The van der Waals surface area contributed by atoms with Crippen molar-refractivity contribution in [3.8, 4) is 77.9 Å². The minimum Gasteiger partial charge on any atom is -0.310 e. The van der Waals surface area contributed by atoms with E-state index in [1.165, 1.54) is 93.9 Å². The predicted octanol–water partition coefficient (Wildman–Crippen LogP) is 19.1. The van der Waals surface area contributed by atoms with Gasteiger partial charge in [-0.2, -0.15) is 0 Å². The van der Waals surface area contributed by atoms with E-state index in [0.717, 1.165) is 22.6 Å². The molecule has 1 nitrogen and oxygen atoms in total. The van der Waals surface area contributed by atoms with Gasteiger partial charge in [0.2, 0.25) is 0 Å². The number of anilines is 3. The first kappa shape index (κ1) is 41.4. The monoisotopic (exact) mass is 877 g/mol. The molecule has 0 aliphatic rings. The number of nitrogens with zero attached hydrogens (tertiary/aromatic N) is 1. The number of rotatable bonds is 10. The molecule has 0 heterocycles. The molecule has 0 saturated carbocycles. The van der Waals surface area contributed by atoms with Crippen molar-refractivity contribution >= 4 is 38.6 Å². The van der Waals surface area contributed by atoms with Gasteiger partial charge in [-0.3, -0.25) is 0 Å². The summed E-state index contributed by atoms with van der Waals surface area (Å²) in [6.07, 6.45) is 0. The van der Waals surface area contributed by atoms with Crippen LogP contribution in [0.3, 0.4) is 0 Å². The number of hydrogen-bond acceptors (Lipinski definition) is 1. The van der Waals surface area contributed by atoms with Gasteiger partial charge < -0.3 is 4.90 Å². The fourth-order valence-electron chi connectivity index (χ4n) is 10.1. The zero-order valence-electron chi connectivity index (χ0n) is 38.1. The number of fused-ring (bicyclic) bond motifs is 3. The van der Waals surface area contributed by atoms with Gasteiger partial charge in [0.25, 0.3) is 0 Å². The van der Waals surface area contributed by atoms with Crippen LogP contribution in [0.25, 0.3) is 99.4 Å². The van der Waals surface area contributed by atoms with Crippen molar-refractivity contribution in [1.82, 2.24) is 0 Å². The second-order valence-electron chi connectivity index (χ2n) is 17.6. The molecule has 0 fully saturated rings. The summed E-state index contributed by atoms with van der Waals surface area (Å²) >= 11 is 0. The third-order valence-corrected chi connectivity index (χ3v) is 13.5. The van der Waals surface area contributed by atoms with Gasteiger partial charge >= 0.3 is 0 Å². The maximum atomic E-state index is 2.40. The van der Waals surface area contributed by atoms with Gasteiger partial charge in [0.05, 0.1) is 0 Å². The van der Waals surface area contributed by atoms with Crippen LogP contribution in [0.1, 0.15) is 0 Å². The third-order valence-electron chi connectivity index (χ3n) is 13.5. The quantitative estimate of drug-likeness (QED) is 0.124. The SMILES string of the molecule is c1ccc(-c2cccc(N(c3ccc(-c4ccc(-c5ccccc5)c(-c5ccccc5)c4)cc3)c3ccc(-c4ccc5c(c4)c(-c4ccccc4)c(-c4ccccc4)c4ccccc45)cc3)c2)cc1.